The molecule has 0 spiro atoms. The molecule has 11 rings (SSSR count). The van der Waals surface area contributed by atoms with E-state index in [4.69, 9.17) is 18.9 Å². The number of hydrogen-bond acceptors (Lipinski definition) is 4. The fourth-order valence-electron chi connectivity index (χ4n) is 8.05. The minimum absolute atomic E-state index is 0.0115. The highest BCUT2D eigenvalue weighted by molar-refractivity contribution is 5.67. The Kier molecular flexibility index (Phi) is 4.87. The number of fused-ring (bicyclic) bond motifs is 10. The molecule has 0 saturated heterocycles. The third-order valence-corrected chi connectivity index (χ3v) is 10.4. The summed E-state index contributed by atoms with van der Waals surface area (Å²) in [6.45, 7) is 2.21. The number of aromatic nitrogens is 4. The second kappa shape index (κ2) is 9.03. The normalized spacial score (nSPS) is 22.3. The monoisotopic (exact) mass is 606 g/mol. The Balaban J connectivity index is 1.16. The van der Waals surface area contributed by atoms with Crippen LogP contribution in [0.3, 0.4) is 0 Å². The van der Waals surface area contributed by atoms with E-state index in [2.05, 4.69) is 128 Å². The van der Waals surface area contributed by atoms with Gasteiger partial charge in [0.2, 0.25) is 0 Å². The van der Waals surface area contributed by atoms with Crippen LogP contribution < -0.4 is 28.1 Å². The van der Waals surface area contributed by atoms with E-state index in [-0.39, 0.29) is 24.2 Å². The standard InChI is InChI=1S/C38H30N4O4/c1-3-7-23(8-4-1)25-11-27-15-28(12-25)32-18-44-36-38-42(22-40(32)36)34(20-46-38)30-14-26(24-9-5-2-6-10-24)13-29(16-30)33-19-45-37-35-39(21-41(33)37)31(27)17-43-35/h1-16,21-22,31-34H,17-20H2/q+2. The molecule has 0 aliphatic carbocycles. The molecule has 8 heteroatoms. The zero-order chi connectivity index (χ0) is 29.9. The zero-order valence-electron chi connectivity index (χ0n) is 25.0. The highest BCUT2D eigenvalue weighted by Gasteiger charge is 2.48. The second-order valence-corrected chi connectivity index (χ2v) is 12.9. The first-order valence-corrected chi connectivity index (χ1v) is 16.0. The van der Waals surface area contributed by atoms with Crippen molar-refractivity contribution in [1.29, 1.82) is 0 Å². The summed E-state index contributed by atoms with van der Waals surface area (Å²) < 4.78 is 34.8. The number of ether oxygens (including phenoxy) is 4. The first-order valence-electron chi connectivity index (χ1n) is 16.0. The van der Waals surface area contributed by atoms with Gasteiger partial charge in [0.25, 0.3) is 12.7 Å². The molecule has 5 aliphatic heterocycles. The summed E-state index contributed by atoms with van der Waals surface area (Å²) in [4.78, 5) is 0. The Morgan fingerprint density at radius 3 is 1.37 bits per heavy atom. The van der Waals surface area contributed by atoms with Crippen LogP contribution >= 0.6 is 0 Å². The van der Waals surface area contributed by atoms with Crippen LogP contribution in [0.4, 0.5) is 0 Å². The van der Waals surface area contributed by atoms with Crippen molar-refractivity contribution in [3.05, 3.63) is 132 Å². The fraction of sp³-hybridized carbons (Fsp3) is 0.211. The zero-order valence-corrected chi connectivity index (χ0v) is 25.0. The van der Waals surface area contributed by atoms with Gasteiger partial charge in [0.1, 0.15) is 26.4 Å². The van der Waals surface area contributed by atoms with Gasteiger partial charge in [-0.2, -0.15) is 18.3 Å². The average Bonchev–Trinajstić information content (AvgIpc) is 3.93. The van der Waals surface area contributed by atoms with Crippen LogP contribution in [0.2, 0.25) is 0 Å². The van der Waals surface area contributed by atoms with Crippen LogP contribution in [0.25, 0.3) is 22.3 Å². The molecular weight excluding hydrogens is 576 g/mol. The molecule has 224 valence electrons. The highest BCUT2D eigenvalue weighted by atomic mass is 16.6. The summed E-state index contributed by atoms with van der Waals surface area (Å²) in [5, 5.41) is 0. The van der Waals surface area contributed by atoms with E-state index in [1.807, 2.05) is 0 Å². The molecule has 0 N–H and O–H groups in total. The summed E-state index contributed by atoms with van der Waals surface area (Å²) in [6.07, 6.45) is 4.41. The van der Waals surface area contributed by atoms with E-state index in [1.54, 1.807) is 0 Å². The van der Waals surface area contributed by atoms with Crippen LogP contribution in [0, 0.1) is 0 Å². The predicted molar refractivity (Wildman–Crippen MR) is 168 cm³/mol. The maximum Gasteiger partial charge on any atom is 0.373 e. The first-order chi connectivity index (χ1) is 22.8. The molecule has 4 atom stereocenters. The van der Waals surface area contributed by atoms with Crippen molar-refractivity contribution in [3.63, 3.8) is 0 Å². The van der Waals surface area contributed by atoms with Crippen molar-refractivity contribution in [2.45, 2.75) is 24.2 Å². The van der Waals surface area contributed by atoms with Gasteiger partial charge in [-0.05, 0) is 58.7 Å². The largest absolute Gasteiger partial charge is 0.452 e. The topological polar surface area (TPSA) is 54.5 Å². The van der Waals surface area contributed by atoms with Gasteiger partial charge >= 0.3 is 23.5 Å². The lowest BCUT2D eigenvalue weighted by molar-refractivity contribution is -0.697. The summed E-state index contributed by atoms with van der Waals surface area (Å²) >= 11 is 0. The van der Waals surface area contributed by atoms with Crippen molar-refractivity contribution in [1.82, 2.24) is 9.13 Å². The number of imidazole rings is 2. The van der Waals surface area contributed by atoms with Crippen molar-refractivity contribution in [3.8, 4) is 45.8 Å². The lowest BCUT2D eigenvalue weighted by Gasteiger charge is -2.17. The van der Waals surface area contributed by atoms with Crippen LogP contribution in [0.15, 0.2) is 110 Å². The van der Waals surface area contributed by atoms with Crippen LogP contribution in [0.5, 0.6) is 23.5 Å². The molecule has 46 heavy (non-hydrogen) atoms. The Morgan fingerprint density at radius 2 is 0.891 bits per heavy atom. The van der Waals surface area contributed by atoms with Crippen molar-refractivity contribution < 1.29 is 28.1 Å². The number of nitrogens with zero attached hydrogens (tertiary/aromatic N) is 4. The smallest absolute Gasteiger partial charge is 0.373 e. The molecule has 0 amide bonds. The lowest BCUT2D eigenvalue weighted by atomic mass is 9.93. The molecular formula is C38H30N4O4+2. The Morgan fingerprint density at radius 1 is 0.457 bits per heavy atom. The molecule has 0 radical (unpaired) electrons. The van der Waals surface area contributed by atoms with Gasteiger partial charge in [0, 0.05) is 22.3 Å². The van der Waals surface area contributed by atoms with Gasteiger partial charge in [-0.3, -0.25) is 0 Å². The van der Waals surface area contributed by atoms with Crippen molar-refractivity contribution >= 4 is 0 Å². The average molecular weight is 607 g/mol. The Bertz CT molecular complexity index is 1940. The van der Waals surface area contributed by atoms with E-state index >= 15 is 0 Å². The van der Waals surface area contributed by atoms with Gasteiger partial charge < -0.3 is 18.9 Å². The van der Waals surface area contributed by atoms with Crippen LogP contribution in [-0.2, 0) is 0 Å². The maximum absolute atomic E-state index is 6.42. The van der Waals surface area contributed by atoms with Crippen molar-refractivity contribution in [2.24, 2.45) is 0 Å². The van der Waals surface area contributed by atoms with E-state index in [1.165, 1.54) is 44.5 Å². The second-order valence-electron chi connectivity index (χ2n) is 12.9. The molecule has 2 aromatic heterocycles. The van der Waals surface area contributed by atoms with E-state index in [9.17, 15) is 0 Å². The summed E-state index contributed by atoms with van der Waals surface area (Å²) in [6, 6.07) is 35.2. The van der Waals surface area contributed by atoms with E-state index in [0.717, 1.165) is 23.5 Å². The molecule has 0 fully saturated rings. The number of hydrogen-bond donors (Lipinski definition) is 0. The third-order valence-electron chi connectivity index (χ3n) is 10.4. The highest BCUT2D eigenvalue weighted by Crippen LogP contribution is 2.45. The molecule has 7 heterocycles. The quantitative estimate of drug-likeness (QED) is 0.247. The van der Waals surface area contributed by atoms with Crippen molar-refractivity contribution in [2.75, 3.05) is 26.4 Å². The first kappa shape index (κ1) is 24.8. The van der Waals surface area contributed by atoms with Crippen LogP contribution in [-0.4, -0.2) is 35.6 Å². The molecule has 0 saturated carbocycles. The van der Waals surface area contributed by atoms with Crippen LogP contribution in [0.1, 0.15) is 46.4 Å². The molecule has 6 aromatic rings. The fourth-order valence-corrected chi connectivity index (χ4v) is 8.05. The minimum atomic E-state index is 0.0115. The van der Waals surface area contributed by atoms with E-state index in [0.29, 0.717) is 26.4 Å². The molecule has 4 unspecified atom stereocenters. The van der Waals surface area contributed by atoms with Gasteiger partial charge in [0.15, 0.2) is 24.2 Å². The molecule has 5 aliphatic rings. The maximum atomic E-state index is 6.42. The lowest BCUT2D eigenvalue weighted by Crippen LogP contribution is -2.38. The Labute approximate surface area is 265 Å². The molecule has 8 nitrogen and oxygen atoms in total. The predicted octanol–water partition coefficient (Wildman–Crippen LogP) is 5.44. The third kappa shape index (κ3) is 3.38. The Hall–Kier alpha value is -5.50. The number of rotatable bonds is 2. The van der Waals surface area contributed by atoms with Gasteiger partial charge in [-0.15, -0.1) is 0 Å². The minimum Gasteiger partial charge on any atom is -0.452 e. The number of benzene rings is 4. The molecule has 8 bridgehead atoms. The van der Waals surface area contributed by atoms with E-state index < -0.39 is 0 Å². The molecule has 4 aromatic carbocycles. The van der Waals surface area contributed by atoms with Gasteiger partial charge in [0.05, 0.1) is 0 Å². The summed E-state index contributed by atoms with van der Waals surface area (Å²) in [7, 11) is 0. The van der Waals surface area contributed by atoms with Gasteiger partial charge in [-0.1, -0.05) is 60.7 Å². The summed E-state index contributed by atoms with van der Waals surface area (Å²) in [5.41, 5.74) is 9.56. The summed E-state index contributed by atoms with van der Waals surface area (Å²) in [5.74, 6) is 3.20. The van der Waals surface area contributed by atoms with Gasteiger partial charge in [-0.25, -0.2) is 0 Å². The SMILES string of the molecule is c1ccc(-c2cc3cc(c2)C2COc4c5[n+](cn42)C(CO5)c2cc(-c4ccccc4)cc(c2)C2COc4c5n(c[n+]42)C3CO5)cc1.